The summed E-state index contributed by atoms with van der Waals surface area (Å²) in [6.45, 7) is 4.22. The molecule has 0 N–H and O–H groups in total. The molecule has 1 aromatic heterocycles. The predicted molar refractivity (Wildman–Crippen MR) is 67.4 cm³/mol. The number of hydrogen-bond acceptors (Lipinski definition) is 2. The fourth-order valence-electron chi connectivity index (χ4n) is 1.74. The summed E-state index contributed by atoms with van der Waals surface area (Å²) in [5.41, 5.74) is 2.56. The molecule has 0 amide bonds. The molecule has 0 saturated carbocycles. The van der Waals surface area contributed by atoms with E-state index in [2.05, 4.69) is 18.8 Å². The van der Waals surface area contributed by atoms with E-state index >= 15 is 0 Å². The minimum Gasteiger partial charge on any atom is -0.305 e. The van der Waals surface area contributed by atoms with Crippen LogP contribution in [0.15, 0.2) is 30.7 Å². The average Bonchev–Trinajstić information content (AvgIpc) is 2.77. The lowest BCUT2D eigenvalue weighted by molar-refractivity contribution is 0.846. The first-order valence-electron chi connectivity index (χ1n) is 5.35. The summed E-state index contributed by atoms with van der Waals surface area (Å²) in [4.78, 5) is 4.00. The van der Waals surface area contributed by atoms with Gasteiger partial charge < -0.3 is 4.57 Å². The van der Waals surface area contributed by atoms with Crippen LogP contribution in [0.25, 0.3) is 5.69 Å². The van der Waals surface area contributed by atoms with Gasteiger partial charge in [0.2, 0.25) is 0 Å². The highest BCUT2D eigenvalue weighted by Crippen LogP contribution is 2.26. The molecule has 17 heavy (non-hydrogen) atoms. The monoisotopic (exact) mass is 245 g/mol. The van der Waals surface area contributed by atoms with Crippen LogP contribution in [0, 0.1) is 11.3 Å². The van der Waals surface area contributed by atoms with Gasteiger partial charge in [0.1, 0.15) is 12.4 Å². The van der Waals surface area contributed by atoms with Crippen molar-refractivity contribution in [2.45, 2.75) is 19.8 Å². The van der Waals surface area contributed by atoms with Crippen molar-refractivity contribution in [1.82, 2.24) is 9.55 Å². The summed E-state index contributed by atoms with van der Waals surface area (Å²) < 4.78 is 1.85. The molecule has 0 unspecified atom stereocenters. The first kappa shape index (κ1) is 11.7. The fraction of sp³-hybridized carbons (Fsp3) is 0.231. The van der Waals surface area contributed by atoms with Crippen molar-refractivity contribution in [3.8, 4) is 11.8 Å². The van der Waals surface area contributed by atoms with Crippen LogP contribution in [0.3, 0.4) is 0 Å². The van der Waals surface area contributed by atoms with Crippen LogP contribution in [0.2, 0.25) is 5.02 Å². The maximum absolute atomic E-state index is 8.77. The van der Waals surface area contributed by atoms with Crippen LogP contribution in [0.4, 0.5) is 0 Å². The molecular formula is C13H12ClN3. The zero-order valence-electron chi connectivity index (χ0n) is 9.68. The Morgan fingerprint density at radius 1 is 1.41 bits per heavy atom. The second-order valence-corrected chi connectivity index (χ2v) is 4.57. The zero-order valence-corrected chi connectivity index (χ0v) is 10.4. The van der Waals surface area contributed by atoms with Gasteiger partial charge in [0, 0.05) is 11.2 Å². The molecule has 86 valence electrons. The van der Waals surface area contributed by atoms with Crippen molar-refractivity contribution >= 4 is 11.6 Å². The quantitative estimate of drug-likeness (QED) is 0.812. The Bertz CT molecular complexity index is 579. The Morgan fingerprint density at radius 3 is 2.76 bits per heavy atom. The molecule has 3 nitrogen and oxygen atoms in total. The van der Waals surface area contributed by atoms with E-state index in [1.807, 2.05) is 28.8 Å². The molecule has 0 bridgehead atoms. The van der Waals surface area contributed by atoms with Gasteiger partial charge in [0.25, 0.3) is 0 Å². The minimum atomic E-state index is 0.358. The second kappa shape index (κ2) is 4.60. The molecule has 0 aliphatic heterocycles. The van der Waals surface area contributed by atoms with E-state index in [-0.39, 0.29) is 0 Å². The zero-order chi connectivity index (χ0) is 12.4. The van der Waals surface area contributed by atoms with Gasteiger partial charge in [-0.15, -0.1) is 0 Å². The molecule has 0 spiro atoms. The van der Waals surface area contributed by atoms with Crippen LogP contribution >= 0.6 is 11.6 Å². The molecule has 2 rings (SSSR count). The van der Waals surface area contributed by atoms with Crippen LogP contribution in [0.1, 0.15) is 31.0 Å². The van der Waals surface area contributed by atoms with Crippen molar-refractivity contribution in [3.05, 3.63) is 47.0 Å². The number of benzene rings is 1. The lowest BCUT2D eigenvalue weighted by Gasteiger charge is -2.13. The second-order valence-electron chi connectivity index (χ2n) is 4.14. The van der Waals surface area contributed by atoms with E-state index in [0.29, 0.717) is 11.6 Å². The van der Waals surface area contributed by atoms with Gasteiger partial charge in [0.05, 0.1) is 5.69 Å². The number of hydrogen-bond donors (Lipinski definition) is 0. The van der Waals surface area contributed by atoms with Crippen molar-refractivity contribution in [3.63, 3.8) is 0 Å². The van der Waals surface area contributed by atoms with E-state index < -0.39 is 0 Å². The molecule has 4 heteroatoms. The molecule has 0 atom stereocenters. The molecule has 1 heterocycles. The summed E-state index contributed by atoms with van der Waals surface area (Å²) in [6, 6.07) is 7.76. The van der Waals surface area contributed by atoms with E-state index in [1.165, 1.54) is 0 Å². The average molecular weight is 246 g/mol. The van der Waals surface area contributed by atoms with E-state index in [1.54, 1.807) is 12.5 Å². The summed E-state index contributed by atoms with van der Waals surface area (Å²) in [5.74, 6) is 0.358. The Morgan fingerprint density at radius 2 is 2.18 bits per heavy atom. The van der Waals surface area contributed by atoms with Crippen molar-refractivity contribution in [2.75, 3.05) is 0 Å². The molecule has 2 aromatic rings. The number of nitrogens with zero attached hydrogens (tertiary/aromatic N) is 3. The van der Waals surface area contributed by atoms with Gasteiger partial charge in [0.15, 0.2) is 5.69 Å². The summed E-state index contributed by atoms with van der Waals surface area (Å²) in [7, 11) is 0. The van der Waals surface area contributed by atoms with Gasteiger partial charge >= 0.3 is 0 Å². The first-order valence-corrected chi connectivity index (χ1v) is 5.73. The van der Waals surface area contributed by atoms with Crippen LogP contribution in [-0.4, -0.2) is 9.55 Å². The molecular weight excluding hydrogens is 234 g/mol. The van der Waals surface area contributed by atoms with Crippen LogP contribution in [0.5, 0.6) is 0 Å². The third-order valence-electron chi connectivity index (χ3n) is 2.59. The highest BCUT2D eigenvalue weighted by molar-refractivity contribution is 6.30. The number of nitriles is 1. The number of imidazole rings is 1. The van der Waals surface area contributed by atoms with Crippen molar-refractivity contribution in [1.29, 1.82) is 5.26 Å². The van der Waals surface area contributed by atoms with Gasteiger partial charge in [-0.25, -0.2) is 4.98 Å². The molecule has 0 radical (unpaired) electrons. The highest BCUT2D eigenvalue weighted by Gasteiger charge is 2.09. The lowest BCUT2D eigenvalue weighted by Crippen LogP contribution is -1.99. The van der Waals surface area contributed by atoms with Crippen molar-refractivity contribution < 1.29 is 0 Å². The number of rotatable bonds is 2. The minimum absolute atomic E-state index is 0.358. The lowest BCUT2D eigenvalue weighted by atomic mass is 10.0. The third kappa shape index (κ3) is 2.32. The summed E-state index contributed by atoms with van der Waals surface area (Å²) in [6.07, 6.45) is 3.36. The standard InChI is InChI=1S/C13H12ClN3/c1-9(2)12-5-10(14)3-4-13(12)17-7-11(6-15)16-8-17/h3-5,7-9H,1-2H3. The smallest absolute Gasteiger partial charge is 0.158 e. The first-order chi connectivity index (χ1) is 8.11. The maximum Gasteiger partial charge on any atom is 0.158 e. The Balaban J connectivity index is 2.55. The molecule has 0 fully saturated rings. The van der Waals surface area contributed by atoms with E-state index in [9.17, 15) is 0 Å². The molecule has 0 aliphatic rings. The third-order valence-corrected chi connectivity index (χ3v) is 2.82. The van der Waals surface area contributed by atoms with Crippen LogP contribution < -0.4 is 0 Å². The highest BCUT2D eigenvalue weighted by atomic mass is 35.5. The fourth-order valence-corrected chi connectivity index (χ4v) is 1.92. The predicted octanol–water partition coefficient (Wildman–Crippen LogP) is 3.52. The van der Waals surface area contributed by atoms with Crippen molar-refractivity contribution in [2.24, 2.45) is 0 Å². The summed E-state index contributed by atoms with van der Waals surface area (Å²) in [5, 5.41) is 9.49. The number of halogens is 1. The molecule has 1 aromatic carbocycles. The number of aromatic nitrogens is 2. The van der Waals surface area contributed by atoms with Gasteiger partial charge in [-0.3, -0.25) is 0 Å². The SMILES string of the molecule is CC(C)c1cc(Cl)ccc1-n1cnc(C#N)c1. The molecule has 0 aliphatic carbocycles. The largest absolute Gasteiger partial charge is 0.305 e. The Hall–Kier alpha value is -1.79. The topological polar surface area (TPSA) is 41.6 Å². The molecule has 0 saturated heterocycles. The van der Waals surface area contributed by atoms with Crippen LogP contribution in [-0.2, 0) is 0 Å². The summed E-state index contributed by atoms with van der Waals surface area (Å²) >= 11 is 6.00. The van der Waals surface area contributed by atoms with Gasteiger partial charge in [-0.1, -0.05) is 25.4 Å². The maximum atomic E-state index is 8.77. The van der Waals surface area contributed by atoms with Gasteiger partial charge in [-0.2, -0.15) is 5.26 Å². The Kier molecular flexibility index (Phi) is 3.16. The van der Waals surface area contributed by atoms with E-state index in [0.717, 1.165) is 16.3 Å². The van der Waals surface area contributed by atoms with E-state index in [4.69, 9.17) is 16.9 Å². The Labute approximate surface area is 105 Å². The van der Waals surface area contributed by atoms with Gasteiger partial charge in [-0.05, 0) is 29.7 Å². The normalized spacial score (nSPS) is 10.5.